The molecule has 0 amide bonds. The van der Waals surface area contributed by atoms with Crippen molar-refractivity contribution in [2.75, 3.05) is 6.54 Å². The number of hydrogen-bond acceptors (Lipinski definition) is 3. The summed E-state index contributed by atoms with van der Waals surface area (Å²) in [6.45, 7) is 5.45. The zero-order valence-electron chi connectivity index (χ0n) is 9.10. The molecule has 0 fully saturated rings. The molecule has 16 heavy (non-hydrogen) atoms. The maximum atomic E-state index is 11.3. The number of phenolic OH excluding ortho intramolecular Hbond substituents is 1. The predicted octanol–water partition coefficient (Wildman–Crippen LogP) is 1.47. The van der Waals surface area contributed by atoms with E-state index in [1.54, 1.807) is 25.1 Å². The summed E-state index contributed by atoms with van der Waals surface area (Å²) < 4.78 is 0. The van der Waals surface area contributed by atoms with E-state index in [1.807, 2.05) is 0 Å². The lowest BCUT2D eigenvalue weighted by Gasteiger charge is -2.26. The summed E-state index contributed by atoms with van der Waals surface area (Å²) in [5, 5.41) is 21.4. The molecule has 0 aliphatic rings. The SMILES string of the molecule is C=CCNC(C)(C(=O)O)c1cccc(O)c1. The molecule has 1 atom stereocenters. The number of aromatic hydroxyl groups is 1. The Hall–Kier alpha value is -1.81. The van der Waals surface area contributed by atoms with Gasteiger partial charge in [-0.15, -0.1) is 6.58 Å². The van der Waals surface area contributed by atoms with Gasteiger partial charge in [-0.25, -0.2) is 4.79 Å². The second kappa shape index (κ2) is 4.81. The molecule has 0 heterocycles. The Labute approximate surface area is 94.2 Å². The molecule has 0 saturated carbocycles. The van der Waals surface area contributed by atoms with Crippen molar-refractivity contribution in [2.45, 2.75) is 12.5 Å². The number of nitrogens with one attached hydrogen (secondary N) is 1. The van der Waals surface area contributed by atoms with Crippen molar-refractivity contribution in [2.24, 2.45) is 0 Å². The lowest BCUT2D eigenvalue weighted by atomic mass is 9.92. The molecule has 0 bridgehead atoms. The molecule has 1 aromatic rings. The van der Waals surface area contributed by atoms with Gasteiger partial charge < -0.3 is 10.2 Å². The fourth-order valence-electron chi connectivity index (χ4n) is 1.39. The highest BCUT2D eigenvalue weighted by Crippen LogP contribution is 2.24. The molecule has 4 heteroatoms. The van der Waals surface area contributed by atoms with Gasteiger partial charge in [0.25, 0.3) is 0 Å². The van der Waals surface area contributed by atoms with Gasteiger partial charge in [0.15, 0.2) is 0 Å². The Kier molecular flexibility index (Phi) is 3.68. The van der Waals surface area contributed by atoms with Gasteiger partial charge in [-0.3, -0.25) is 5.32 Å². The number of phenols is 1. The minimum Gasteiger partial charge on any atom is -0.508 e. The lowest BCUT2D eigenvalue weighted by Crippen LogP contribution is -2.46. The van der Waals surface area contributed by atoms with Crippen LogP contribution in [0.3, 0.4) is 0 Å². The maximum Gasteiger partial charge on any atom is 0.328 e. The van der Waals surface area contributed by atoms with Crippen LogP contribution in [0.25, 0.3) is 0 Å². The molecule has 1 aromatic carbocycles. The molecule has 0 aliphatic carbocycles. The van der Waals surface area contributed by atoms with Crippen molar-refractivity contribution in [3.63, 3.8) is 0 Å². The zero-order valence-corrected chi connectivity index (χ0v) is 9.10. The van der Waals surface area contributed by atoms with Crippen molar-refractivity contribution >= 4 is 5.97 Å². The Morgan fingerprint density at radius 3 is 2.81 bits per heavy atom. The van der Waals surface area contributed by atoms with Crippen LogP contribution in [0.15, 0.2) is 36.9 Å². The van der Waals surface area contributed by atoms with Crippen LogP contribution in [-0.2, 0) is 10.3 Å². The first-order valence-electron chi connectivity index (χ1n) is 4.89. The minimum absolute atomic E-state index is 0.0466. The van der Waals surface area contributed by atoms with Crippen molar-refractivity contribution < 1.29 is 15.0 Å². The molecule has 4 nitrogen and oxygen atoms in total. The van der Waals surface area contributed by atoms with Gasteiger partial charge in [0, 0.05) is 6.54 Å². The number of carboxylic acids is 1. The molecule has 1 unspecified atom stereocenters. The van der Waals surface area contributed by atoms with E-state index < -0.39 is 11.5 Å². The Balaban J connectivity index is 3.10. The van der Waals surface area contributed by atoms with E-state index in [-0.39, 0.29) is 5.75 Å². The molecule has 86 valence electrons. The molecule has 0 spiro atoms. The van der Waals surface area contributed by atoms with E-state index in [1.165, 1.54) is 12.1 Å². The third kappa shape index (κ3) is 2.41. The average Bonchev–Trinajstić information content (AvgIpc) is 2.25. The molecule has 0 saturated heterocycles. The van der Waals surface area contributed by atoms with E-state index in [9.17, 15) is 15.0 Å². The maximum absolute atomic E-state index is 11.3. The standard InChI is InChI=1S/C12H15NO3/c1-3-7-13-12(2,11(15)16)9-5-4-6-10(14)8-9/h3-6,8,13-14H,1,7H2,2H3,(H,15,16). The van der Waals surface area contributed by atoms with Gasteiger partial charge in [-0.2, -0.15) is 0 Å². The van der Waals surface area contributed by atoms with Gasteiger partial charge in [-0.05, 0) is 24.6 Å². The molecule has 1 rings (SSSR count). The third-order valence-corrected chi connectivity index (χ3v) is 2.45. The number of hydrogen-bond donors (Lipinski definition) is 3. The molecular weight excluding hydrogens is 206 g/mol. The van der Waals surface area contributed by atoms with Gasteiger partial charge in [0.2, 0.25) is 0 Å². The summed E-state index contributed by atoms with van der Waals surface area (Å²) in [6.07, 6.45) is 1.59. The fraction of sp³-hybridized carbons (Fsp3) is 0.250. The van der Waals surface area contributed by atoms with Crippen LogP contribution in [0.5, 0.6) is 5.75 Å². The van der Waals surface area contributed by atoms with Crippen LogP contribution in [0.1, 0.15) is 12.5 Å². The zero-order chi connectivity index (χ0) is 12.2. The number of rotatable bonds is 5. The summed E-state index contributed by atoms with van der Waals surface area (Å²) >= 11 is 0. The number of carbonyl (C=O) groups is 1. The van der Waals surface area contributed by atoms with Gasteiger partial charge >= 0.3 is 5.97 Å². The van der Waals surface area contributed by atoms with Crippen LogP contribution in [0.4, 0.5) is 0 Å². The van der Waals surface area contributed by atoms with Crippen molar-refractivity contribution in [1.82, 2.24) is 5.32 Å². The summed E-state index contributed by atoms with van der Waals surface area (Å²) in [4.78, 5) is 11.3. The average molecular weight is 221 g/mol. The Morgan fingerprint density at radius 2 is 2.31 bits per heavy atom. The Morgan fingerprint density at radius 1 is 1.62 bits per heavy atom. The first kappa shape index (κ1) is 12.3. The highest BCUT2D eigenvalue weighted by molar-refractivity contribution is 5.80. The highest BCUT2D eigenvalue weighted by atomic mass is 16.4. The fourth-order valence-corrected chi connectivity index (χ4v) is 1.39. The number of carboxylic acid groups (broad SMARTS) is 1. The predicted molar refractivity (Wildman–Crippen MR) is 61.3 cm³/mol. The van der Waals surface area contributed by atoms with Crippen molar-refractivity contribution in [1.29, 1.82) is 0 Å². The van der Waals surface area contributed by atoms with Crippen molar-refractivity contribution in [3.05, 3.63) is 42.5 Å². The Bertz CT molecular complexity index is 403. The number of aliphatic carboxylic acids is 1. The monoisotopic (exact) mass is 221 g/mol. The highest BCUT2D eigenvalue weighted by Gasteiger charge is 2.34. The van der Waals surface area contributed by atoms with Gasteiger partial charge in [0.05, 0.1) is 0 Å². The topological polar surface area (TPSA) is 69.6 Å². The van der Waals surface area contributed by atoms with Crippen LogP contribution in [0.2, 0.25) is 0 Å². The van der Waals surface area contributed by atoms with Crippen LogP contribution >= 0.6 is 0 Å². The molecule has 0 aliphatic heterocycles. The van der Waals surface area contributed by atoms with E-state index in [4.69, 9.17) is 0 Å². The number of benzene rings is 1. The largest absolute Gasteiger partial charge is 0.508 e. The van der Waals surface area contributed by atoms with E-state index in [2.05, 4.69) is 11.9 Å². The molecular formula is C12H15NO3. The van der Waals surface area contributed by atoms with Crippen LogP contribution < -0.4 is 5.32 Å². The smallest absolute Gasteiger partial charge is 0.328 e. The minimum atomic E-state index is -1.23. The van der Waals surface area contributed by atoms with Crippen molar-refractivity contribution in [3.8, 4) is 5.75 Å². The van der Waals surface area contributed by atoms with Gasteiger partial charge in [-0.1, -0.05) is 18.2 Å². The summed E-state index contributed by atoms with van der Waals surface area (Å²) in [5.74, 6) is -0.953. The van der Waals surface area contributed by atoms with Gasteiger partial charge in [0.1, 0.15) is 11.3 Å². The summed E-state index contributed by atoms with van der Waals surface area (Å²) in [6, 6.07) is 6.20. The second-order valence-corrected chi connectivity index (χ2v) is 3.65. The van der Waals surface area contributed by atoms with E-state index in [0.717, 1.165) is 0 Å². The summed E-state index contributed by atoms with van der Waals surface area (Å²) in [5.41, 5.74) is -0.728. The normalized spacial score (nSPS) is 14.1. The molecule has 0 radical (unpaired) electrons. The molecule has 3 N–H and O–H groups in total. The third-order valence-electron chi connectivity index (χ3n) is 2.45. The van der Waals surface area contributed by atoms with E-state index >= 15 is 0 Å². The van der Waals surface area contributed by atoms with Crippen LogP contribution in [-0.4, -0.2) is 22.7 Å². The summed E-state index contributed by atoms with van der Waals surface area (Å²) in [7, 11) is 0. The van der Waals surface area contributed by atoms with Crippen LogP contribution in [0, 0.1) is 0 Å². The first-order valence-corrected chi connectivity index (χ1v) is 4.89. The quantitative estimate of drug-likeness (QED) is 0.658. The first-order chi connectivity index (χ1) is 7.50. The van der Waals surface area contributed by atoms with E-state index in [0.29, 0.717) is 12.1 Å². The lowest BCUT2D eigenvalue weighted by molar-refractivity contribution is -0.144. The molecule has 0 aromatic heterocycles. The second-order valence-electron chi connectivity index (χ2n) is 3.65.